The smallest absolute Gasteiger partial charge is 0.407 e. The number of ether oxygens (including phenoxy) is 1. The van der Waals surface area contributed by atoms with Crippen LogP contribution in [0.25, 0.3) is 6.08 Å². The van der Waals surface area contributed by atoms with Crippen LogP contribution in [0.1, 0.15) is 11.1 Å². The fraction of sp³-hybridized carbons (Fsp3) is 0.118. The maximum Gasteiger partial charge on any atom is 0.407 e. The zero-order valence-electron chi connectivity index (χ0n) is 12.0. The van der Waals surface area contributed by atoms with Crippen molar-refractivity contribution in [2.45, 2.75) is 6.61 Å². The van der Waals surface area contributed by atoms with E-state index in [0.29, 0.717) is 11.3 Å². The first kappa shape index (κ1) is 15.6. The molecule has 0 radical (unpaired) electrons. The van der Waals surface area contributed by atoms with Crippen LogP contribution in [0.5, 0.6) is 0 Å². The first-order valence-electron chi connectivity index (χ1n) is 6.81. The van der Waals surface area contributed by atoms with E-state index in [2.05, 4.69) is 5.32 Å². The van der Waals surface area contributed by atoms with Gasteiger partial charge in [0.25, 0.3) is 0 Å². The van der Waals surface area contributed by atoms with Gasteiger partial charge >= 0.3 is 6.09 Å². The summed E-state index contributed by atoms with van der Waals surface area (Å²) in [5.74, 6) is -0.357. The molecule has 5 heteroatoms. The monoisotopic (exact) mass is 300 g/mol. The third-order valence-corrected chi connectivity index (χ3v) is 2.92. The van der Waals surface area contributed by atoms with Crippen molar-refractivity contribution in [3.05, 3.63) is 71.6 Å². The van der Waals surface area contributed by atoms with Crippen molar-refractivity contribution in [3.8, 4) is 0 Å². The molecule has 0 aromatic heterocycles. The molecule has 22 heavy (non-hydrogen) atoms. The van der Waals surface area contributed by atoms with Crippen LogP contribution in [0, 0.1) is 5.82 Å². The molecule has 0 heterocycles. The molecular weight excluding hydrogens is 283 g/mol. The molecule has 0 atom stereocenters. The Hall–Kier alpha value is -2.82. The van der Waals surface area contributed by atoms with Crippen LogP contribution in [0.3, 0.4) is 0 Å². The summed E-state index contributed by atoms with van der Waals surface area (Å²) >= 11 is 0. The fourth-order valence-electron chi connectivity index (χ4n) is 1.79. The quantitative estimate of drug-likeness (QED) is 0.832. The number of rotatable bonds is 5. The number of nitrogen functional groups attached to an aromatic ring is 1. The molecule has 0 aliphatic carbocycles. The number of benzene rings is 2. The van der Waals surface area contributed by atoms with Gasteiger partial charge < -0.3 is 15.8 Å². The lowest BCUT2D eigenvalue weighted by Crippen LogP contribution is -2.24. The molecule has 2 aromatic rings. The van der Waals surface area contributed by atoms with Gasteiger partial charge in [0.05, 0.1) is 0 Å². The Kier molecular flexibility index (Phi) is 5.54. The Bertz CT molecular complexity index is 657. The summed E-state index contributed by atoms with van der Waals surface area (Å²) in [5.41, 5.74) is 7.68. The van der Waals surface area contributed by atoms with Gasteiger partial charge in [-0.25, -0.2) is 9.18 Å². The van der Waals surface area contributed by atoms with Crippen molar-refractivity contribution < 1.29 is 13.9 Å². The number of hydrogen-bond donors (Lipinski definition) is 2. The largest absolute Gasteiger partial charge is 0.445 e. The van der Waals surface area contributed by atoms with Crippen molar-refractivity contribution in [2.75, 3.05) is 12.3 Å². The highest BCUT2D eigenvalue weighted by atomic mass is 19.1. The molecular formula is C17H17FN2O2. The topological polar surface area (TPSA) is 64.3 Å². The molecule has 0 fully saturated rings. The first-order valence-corrected chi connectivity index (χ1v) is 6.81. The summed E-state index contributed by atoms with van der Waals surface area (Å²) in [7, 11) is 0. The maximum atomic E-state index is 13.1. The average molecular weight is 300 g/mol. The molecule has 0 unspecified atom stereocenters. The van der Waals surface area contributed by atoms with E-state index in [4.69, 9.17) is 10.5 Å². The van der Waals surface area contributed by atoms with Crippen molar-refractivity contribution in [3.63, 3.8) is 0 Å². The summed E-state index contributed by atoms with van der Waals surface area (Å²) in [6.45, 7) is 0.483. The van der Waals surface area contributed by atoms with E-state index in [1.807, 2.05) is 30.3 Å². The SMILES string of the molecule is Nc1ccc(F)cc1C=CCNC(=O)OCc1ccccc1. The van der Waals surface area contributed by atoms with Crippen LogP contribution in [0.4, 0.5) is 14.9 Å². The lowest BCUT2D eigenvalue weighted by atomic mass is 10.1. The minimum absolute atomic E-state index is 0.216. The normalized spacial score (nSPS) is 10.6. The van der Waals surface area contributed by atoms with Gasteiger partial charge in [0.15, 0.2) is 0 Å². The Morgan fingerprint density at radius 3 is 2.77 bits per heavy atom. The van der Waals surface area contributed by atoms with Gasteiger partial charge in [-0.2, -0.15) is 0 Å². The van der Waals surface area contributed by atoms with Crippen LogP contribution in [-0.2, 0) is 11.3 Å². The van der Waals surface area contributed by atoms with Crippen molar-refractivity contribution in [1.82, 2.24) is 5.32 Å². The first-order chi connectivity index (χ1) is 10.6. The van der Waals surface area contributed by atoms with E-state index in [1.165, 1.54) is 18.2 Å². The third kappa shape index (κ3) is 4.94. The fourth-order valence-corrected chi connectivity index (χ4v) is 1.79. The van der Waals surface area contributed by atoms with Crippen molar-refractivity contribution in [1.29, 1.82) is 0 Å². The summed E-state index contributed by atoms with van der Waals surface area (Å²) in [4.78, 5) is 11.5. The van der Waals surface area contributed by atoms with Gasteiger partial charge in [-0.1, -0.05) is 42.5 Å². The van der Waals surface area contributed by atoms with Crippen molar-refractivity contribution >= 4 is 17.9 Å². The van der Waals surface area contributed by atoms with Crippen LogP contribution >= 0.6 is 0 Å². The van der Waals surface area contributed by atoms with Gasteiger partial charge in [-0.05, 0) is 23.8 Å². The molecule has 114 valence electrons. The molecule has 2 aromatic carbocycles. The van der Waals surface area contributed by atoms with Gasteiger partial charge in [0, 0.05) is 17.8 Å². The molecule has 0 bridgehead atoms. The number of carbonyl (C=O) groups excluding carboxylic acids is 1. The third-order valence-electron chi connectivity index (χ3n) is 2.92. The zero-order chi connectivity index (χ0) is 15.8. The number of halogens is 1. The van der Waals surface area contributed by atoms with E-state index < -0.39 is 6.09 Å². The van der Waals surface area contributed by atoms with Gasteiger partial charge in [-0.15, -0.1) is 0 Å². The van der Waals surface area contributed by atoms with Crippen LogP contribution in [0.15, 0.2) is 54.6 Å². The summed E-state index contributed by atoms with van der Waals surface area (Å²) < 4.78 is 18.1. The summed E-state index contributed by atoms with van der Waals surface area (Å²) in [5, 5.41) is 2.57. The lowest BCUT2D eigenvalue weighted by molar-refractivity contribution is 0.141. The number of carbonyl (C=O) groups is 1. The summed E-state index contributed by atoms with van der Waals surface area (Å²) in [6, 6.07) is 13.5. The predicted octanol–water partition coefficient (Wildman–Crippen LogP) is 3.35. The van der Waals surface area contributed by atoms with Gasteiger partial charge in [0.1, 0.15) is 12.4 Å². The second kappa shape index (κ2) is 7.83. The number of anilines is 1. The number of hydrogen-bond acceptors (Lipinski definition) is 3. The number of amides is 1. The van der Waals surface area contributed by atoms with E-state index in [-0.39, 0.29) is 19.0 Å². The van der Waals surface area contributed by atoms with E-state index in [1.54, 1.807) is 12.2 Å². The van der Waals surface area contributed by atoms with Gasteiger partial charge in [0.2, 0.25) is 0 Å². The molecule has 0 spiro atoms. The molecule has 0 aliphatic heterocycles. The Morgan fingerprint density at radius 2 is 2.00 bits per heavy atom. The number of nitrogens with two attached hydrogens (primary N) is 1. The number of nitrogens with one attached hydrogen (secondary N) is 1. The highest BCUT2D eigenvalue weighted by Crippen LogP contribution is 2.14. The van der Waals surface area contributed by atoms with E-state index >= 15 is 0 Å². The minimum Gasteiger partial charge on any atom is -0.445 e. The minimum atomic E-state index is -0.513. The molecule has 2 rings (SSSR count). The summed E-state index contributed by atoms with van der Waals surface area (Å²) in [6.07, 6.45) is 2.81. The van der Waals surface area contributed by atoms with Crippen LogP contribution < -0.4 is 11.1 Å². The van der Waals surface area contributed by atoms with E-state index in [0.717, 1.165) is 5.56 Å². The second-order valence-electron chi connectivity index (χ2n) is 4.62. The Balaban J connectivity index is 1.75. The molecule has 1 amide bonds. The molecule has 0 saturated heterocycles. The molecule has 0 saturated carbocycles. The van der Waals surface area contributed by atoms with Crippen LogP contribution in [-0.4, -0.2) is 12.6 Å². The molecule has 4 nitrogen and oxygen atoms in total. The molecule has 0 aliphatic rings. The average Bonchev–Trinajstić information content (AvgIpc) is 2.53. The maximum absolute atomic E-state index is 13.1. The Labute approximate surface area is 128 Å². The lowest BCUT2D eigenvalue weighted by Gasteiger charge is -2.05. The van der Waals surface area contributed by atoms with Crippen LogP contribution in [0.2, 0.25) is 0 Å². The van der Waals surface area contributed by atoms with Gasteiger partial charge in [-0.3, -0.25) is 0 Å². The second-order valence-corrected chi connectivity index (χ2v) is 4.62. The number of alkyl carbamates (subject to hydrolysis) is 1. The predicted molar refractivity (Wildman–Crippen MR) is 84.5 cm³/mol. The molecule has 3 N–H and O–H groups in total. The zero-order valence-corrected chi connectivity index (χ0v) is 12.0. The standard InChI is InChI=1S/C17H17FN2O2/c18-15-8-9-16(19)14(11-15)7-4-10-20-17(21)22-12-13-5-2-1-3-6-13/h1-9,11H,10,12,19H2,(H,20,21). The Morgan fingerprint density at radius 1 is 1.23 bits per heavy atom. The highest BCUT2D eigenvalue weighted by molar-refractivity contribution is 5.68. The van der Waals surface area contributed by atoms with Crippen molar-refractivity contribution in [2.24, 2.45) is 0 Å². The highest BCUT2D eigenvalue weighted by Gasteiger charge is 2.01. The van der Waals surface area contributed by atoms with E-state index in [9.17, 15) is 9.18 Å².